The molecular formula is C25H24F3N5O2S. The Morgan fingerprint density at radius 1 is 1.19 bits per heavy atom. The molecule has 4 aromatic rings. The molecule has 1 aliphatic rings. The summed E-state index contributed by atoms with van der Waals surface area (Å²) in [6.07, 6.45) is 6.00. The maximum atomic E-state index is 13.3. The summed E-state index contributed by atoms with van der Waals surface area (Å²) in [4.78, 5) is 19.1. The predicted octanol–water partition coefficient (Wildman–Crippen LogP) is 5.14. The molecule has 1 saturated heterocycles. The van der Waals surface area contributed by atoms with Crippen LogP contribution in [0.25, 0.3) is 27.8 Å². The highest BCUT2D eigenvalue weighted by Gasteiger charge is 2.26. The Morgan fingerprint density at radius 3 is 2.58 bits per heavy atom. The van der Waals surface area contributed by atoms with E-state index in [1.165, 1.54) is 71.4 Å². The summed E-state index contributed by atoms with van der Waals surface area (Å²) < 4.78 is 44.2. The van der Waals surface area contributed by atoms with Crippen molar-refractivity contribution in [1.29, 1.82) is 0 Å². The van der Waals surface area contributed by atoms with Crippen molar-refractivity contribution < 1.29 is 22.7 Å². The van der Waals surface area contributed by atoms with E-state index in [1.54, 1.807) is 0 Å². The molecule has 0 aliphatic carbocycles. The van der Waals surface area contributed by atoms with Crippen molar-refractivity contribution >= 4 is 29.0 Å². The third kappa shape index (κ3) is 5.85. The molecule has 188 valence electrons. The second-order valence-corrected chi connectivity index (χ2v) is 9.49. The van der Waals surface area contributed by atoms with Crippen LogP contribution < -0.4 is 10.1 Å². The summed E-state index contributed by atoms with van der Waals surface area (Å²) in [5.41, 5.74) is 2.55. The average molecular weight is 516 g/mol. The summed E-state index contributed by atoms with van der Waals surface area (Å²) in [7, 11) is 2.05. The van der Waals surface area contributed by atoms with Crippen LogP contribution in [-0.2, 0) is 0 Å². The lowest BCUT2D eigenvalue weighted by Crippen LogP contribution is -2.39. The maximum Gasteiger partial charge on any atom is 0.387 e. The first kappa shape index (κ1) is 25.6. The molecule has 4 heterocycles. The monoisotopic (exact) mass is 515 g/mol. The van der Waals surface area contributed by atoms with Gasteiger partial charge in [-0.2, -0.15) is 25.6 Å². The van der Waals surface area contributed by atoms with Gasteiger partial charge in [0, 0.05) is 34.6 Å². The van der Waals surface area contributed by atoms with Crippen LogP contribution in [0.2, 0.25) is 0 Å². The molecule has 1 aliphatic heterocycles. The predicted molar refractivity (Wildman–Crippen MR) is 133 cm³/mol. The molecule has 11 heteroatoms. The van der Waals surface area contributed by atoms with Gasteiger partial charge in [-0.3, -0.25) is 14.8 Å². The van der Waals surface area contributed by atoms with E-state index in [0.717, 1.165) is 6.20 Å². The molecule has 0 amide bonds. The standard InChI is InChI=1S/C19H11F3N4O2.C6H13NS/c20-12-1-3-14(4-2-12)26-17-6-13(10-27)24-9-16(17)18(25-26)11-5-15(8-23-7-11)28-19(21)22;1-6(7-2)3-4-8-5-6/h1-10,19H;7H,3-5H2,1-2H3. The first-order chi connectivity index (χ1) is 17.3. The smallest absolute Gasteiger partial charge is 0.387 e. The van der Waals surface area contributed by atoms with E-state index in [1.807, 2.05) is 18.8 Å². The van der Waals surface area contributed by atoms with Crippen molar-refractivity contribution in [2.24, 2.45) is 0 Å². The second-order valence-electron chi connectivity index (χ2n) is 8.38. The number of halogens is 3. The van der Waals surface area contributed by atoms with Gasteiger partial charge in [-0.25, -0.2) is 9.07 Å². The normalized spacial score (nSPS) is 17.2. The Morgan fingerprint density at radius 2 is 1.97 bits per heavy atom. The zero-order valence-electron chi connectivity index (χ0n) is 19.6. The fourth-order valence-corrected chi connectivity index (χ4v) is 5.14. The van der Waals surface area contributed by atoms with Gasteiger partial charge in [0.2, 0.25) is 0 Å². The first-order valence-corrected chi connectivity index (χ1v) is 12.2. The Labute approximate surface area is 210 Å². The number of aldehydes is 1. The van der Waals surface area contributed by atoms with E-state index in [0.29, 0.717) is 39.7 Å². The molecule has 1 N–H and O–H groups in total. The third-order valence-electron chi connectivity index (χ3n) is 5.81. The van der Waals surface area contributed by atoms with Gasteiger partial charge in [0.25, 0.3) is 0 Å². The lowest BCUT2D eigenvalue weighted by Gasteiger charge is -2.20. The van der Waals surface area contributed by atoms with Gasteiger partial charge in [0.15, 0.2) is 6.29 Å². The molecule has 36 heavy (non-hydrogen) atoms. The van der Waals surface area contributed by atoms with Crippen LogP contribution in [0.1, 0.15) is 23.8 Å². The van der Waals surface area contributed by atoms with Gasteiger partial charge in [0.1, 0.15) is 23.0 Å². The molecule has 0 saturated carbocycles. The SMILES string of the molecule is CNC1(C)CCSC1.O=Cc1cc2c(cn1)c(-c1cncc(OC(F)F)c1)nn2-c1ccc(F)cc1. The van der Waals surface area contributed by atoms with Crippen LogP contribution in [0.15, 0.2) is 55.0 Å². The Bertz CT molecular complexity index is 1340. The van der Waals surface area contributed by atoms with Gasteiger partial charge in [-0.15, -0.1) is 0 Å². The number of fused-ring (bicyclic) bond motifs is 1. The molecule has 1 fully saturated rings. The molecule has 0 radical (unpaired) electrons. The molecule has 7 nitrogen and oxygen atoms in total. The quantitative estimate of drug-likeness (QED) is 0.356. The van der Waals surface area contributed by atoms with E-state index in [2.05, 4.69) is 32.0 Å². The highest BCUT2D eigenvalue weighted by atomic mass is 32.2. The van der Waals surface area contributed by atoms with E-state index in [-0.39, 0.29) is 11.4 Å². The average Bonchev–Trinajstić information content (AvgIpc) is 3.49. The summed E-state index contributed by atoms with van der Waals surface area (Å²) >= 11 is 2.04. The van der Waals surface area contributed by atoms with Gasteiger partial charge in [0.05, 0.1) is 17.4 Å². The van der Waals surface area contributed by atoms with Crippen molar-refractivity contribution in [3.63, 3.8) is 0 Å². The number of ether oxygens (including phenoxy) is 1. The zero-order valence-corrected chi connectivity index (χ0v) is 20.4. The van der Waals surface area contributed by atoms with Gasteiger partial charge >= 0.3 is 6.61 Å². The van der Waals surface area contributed by atoms with Crippen LogP contribution >= 0.6 is 11.8 Å². The molecule has 0 bridgehead atoms. The van der Waals surface area contributed by atoms with Crippen LogP contribution in [-0.4, -0.2) is 56.7 Å². The number of aromatic nitrogens is 4. The number of pyridine rings is 2. The highest BCUT2D eigenvalue weighted by Crippen LogP contribution is 2.31. The Hall–Kier alpha value is -3.44. The van der Waals surface area contributed by atoms with Crippen molar-refractivity contribution in [2.75, 3.05) is 18.6 Å². The number of nitrogens with one attached hydrogen (secondary N) is 1. The topological polar surface area (TPSA) is 81.9 Å². The number of carbonyl (C=O) groups excluding carboxylic acids is 1. The van der Waals surface area contributed by atoms with Crippen molar-refractivity contribution in [3.8, 4) is 22.7 Å². The fraction of sp³-hybridized carbons (Fsp3) is 0.280. The summed E-state index contributed by atoms with van der Waals surface area (Å²) in [6.45, 7) is -0.699. The van der Waals surface area contributed by atoms with Gasteiger partial charge < -0.3 is 10.1 Å². The number of nitrogens with zero attached hydrogens (tertiary/aromatic N) is 4. The minimum atomic E-state index is -2.98. The minimum absolute atomic E-state index is 0.116. The van der Waals surface area contributed by atoms with Gasteiger partial charge in [-0.05, 0) is 62.5 Å². The van der Waals surface area contributed by atoms with Crippen molar-refractivity contribution in [2.45, 2.75) is 25.5 Å². The molecule has 1 aromatic carbocycles. The maximum absolute atomic E-state index is 13.3. The molecule has 1 atom stereocenters. The number of thioether (sulfide) groups is 1. The van der Waals surface area contributed by atoms with E-state index < -0.39 is 12.4 Å². The van der Waals surface area contributed by atoms with Crippen LogP contribution in [0.5, 0.6) is 5.75 Å². The molecule has 1 unspecified atom stereocenters. The highest BCUT2D eigenvalue weighted by molar-refractivity contribution is 7.99. The van der Waals surface area contributed by atoms with E-state index >= 15 is 0 Å². The van der Waals surface area contributed by atoms with Crippen LogP contribution in [0.4, 0.5) is 13.2 Å². The van der Waals surface area contributed by atoms with Crippen LogP contribution in [0, 0.1) is 5.82 Å². The molecule has 5 rings (SSSR count). The summed E-state index contributed by atoms with van der Waals surface area (Å²) in [5.74, 6) is 2.09. The first-order valence-electron chi connectivity index (χ1n) is 11.1. The number of hydrogen-bond donors (Lipinski definition) is 1. The molecule has 3 aromatic heterocycles. The lowest BCUT2D eigenvalue weighted by molar-refractivity contribution is -0.0500. The number of hydrogen-bond acceptors (Lipinski definition) is 7. The third-order valence-corrected chi connectivity index (χ3v) is 7.15. The molecule has 0 spiro atoms. The number of carbonyl (C=O) groups is 1. The fourth-order valence-electron chi connectivity index (χ4n) is 3.66. The molecular weight excluding hydrogens is 491 g/mol. The Balaban J connectivity index is 0.000000325. The van der Waals surface area contributed by atoms with Crippen LogP contribution in [0.3, 0.4) is 0 Å². The van der Waals surface area contributed by atoms with E-state index in [4.69, 9.17) is 0 Å². The van der Waals surface area contributed by atoms with E-state index in [9.17, 15) is 18.0 Å². The van der Waals surface area contributed by atoms with Gasteiger partial charge in [-0.1, -0.05) is 0 Å². The Kier molecular flexibility index (Phi) is 7.90. The minimum Gasteiger partial charge on any atom is -0.433 e. The summed E-state index contributed by atoms with van der Waals surface area (Å²) in [5, 5.41) is 8.39. The van der Waals surface area contributed by atoms with Crippen molar-refractivity contribution in [3.05, 3.63) is 66.5 Å². The number of rotatable bonds is 6. The lowest BCUT2D eigenvalue weighted by atomic mass is 10.0. The summed E-state index contributed by atoms with van der Waals surface area (Å²) in [6, 6.07) is 8.53. The number of alkyl halides is 2. The largest absolute Gasteiger partial charge is 0.433 e. The van der Waals surface area contributed by atoms with Crippen molar-refractivity contribution in [1.82, 2.24) is 25.1 Å². The number of benzene rings is 1. The zero-order chi connectivity index (χ0) is 25.7. The second kappa shape index (κ2) is 11.1.